The van der Waals surface area contributed by atoms with Crippen molar-refractivity contribution >= 4 is 17.7 Å². The number of ether oxygens (including phenoxy) is 1. The Kier molecular flexibility index (Phi) is 12.2. The quantitative estimate of drug-likeness (QED) is 0.271. The van der Waals surface area contributed by atoms with Gasteiger partial charge >= 0.3 is 12.1 Å². The third kappa shape index (κ3) is 9.81. The molecule has 246 valence electrons. The van der Waals surface area contributed by atoms with Gasteiger partial charge < -0.3 is 25.2 Å². The third-order valence-corrected chi connectivity index (χ3v) is 8.19. The second-order valence-electron chi connectivity index (χ2n) is 11.5. The molecule has 1 aliphatic heterocycles. The highest BCUT2D eigenvalue weighted by molar-refractivity contribution is 5.90. The molecule has 2 N–H and O–H groups in total. The Hall–Kier alpha value is -4.38. The highest BCUT2D eigenvalue weighted by Gasteiger charge is 2.44. The van der Waals surface area contributed by atoms with E-state index in [-0.39, 0.29) is 31.8 Å². The average molecular weight is 639 g/mol. The van der Waals surface area contributed by atoms with Crippen LogP contribution in [0.2, 0.25) is 0 Å². The molecule has 1 heterocycles. The van der Waals surface area contributed by atoms with E-state index in [9.17, 15) is 27.6 Å². The zero-order chi connectivity index (χ0) is 33.1. The van der Waals surface area contributed by atoms with Crippen LogP contribution in [-0.4, -0.2) is 78.5 Å². The number of hydrogen-bond donors (Lipinski definition) is 2. The topological polar surface area (TPSA) is 91.0 Å². The summed E-state index contributed by atoms with van der Waals surface area (Å²) in [5.41, 5.74) is 2.60. The van der Waals surface area contributed by atoms with Gasteiger partial charge in [-0.25, -0.2) is 0 Å². The van der Waals surface area contributed by atoms with Crippen molar-refractivity contribution in [2.45, 2.75) is 63.5 Å². The Morgan fingerprint density at radius 3 is 2.17 bits per heavy atom. The number of carbonyl (C=O) groups excluding carboxylic acids is 3. The van der Waals surface area contributed by atoms with E-state index in [1.165, 1.54) is 4.90 Å². The van der Waals surface area contributed by atoms with Crippen LogP contribution >= 0.6 is 0 Å². The van der Waals surface area contributed by atoms with Gasteiger partial charge in [-0.1, -0.05) is 72.8 Å². The van der Waals surface area contributed by atoms with Crippen LogP contribution in [0.15, 0.2) is 84.9 Å². The molecular formula is C35H41F3N4O4. The molecule has 0 aromatic heterocycles. The van der Waals surface area contributed by atoms with Gasteiger partial charge in [0.1, 0.15) is 18.4 Å². The molecule has 46 heavy (non-hydrogen) atoms. The van der Waals surface area contributed by atoms with Crippen LogP contribution in [0.3, 0.4) is 0 Å². The maximum atomic E-state index is 14.0. The number of amides is 3. The summed E-state index contributed by atoms with van der Waals surface area (Å²) in [7, 11) is 1.63. The van der Waals surface area contributed by atoms with E-state index in [1.54, 1.807) is 50.4 Å². The zero-order valence-corrected chi connectivity index (χ0v) is 26.1. The van der Waals surface area contributed by atoms with Crippen LogP contribution < -0.4 is 15.4 Å². The number of rotatable bonds is 14. The van der Waals surface area contributed by atoms with E-state index in [0.717, 1.165) is 21.6 Å². The summed E-state index contributed by atoms with van der Waals surface area (Å²) < 4.78 is 46.7. The van der Waals surface area contributed by atoms with E-state index in [0.29, 0.717) is 31.7 Å². The van der Waals surface area contributed by atoms with Crippen molar-refractivity contribution in [2.75, 3.05) is 26.7 Å². The van der Waals surface area contributed by atoms with Crippen LogP contribution in [0.25, 0.3) is 0 Å². The molecule has 0 bridgehead atoms. The van der Waals surface area contributed by atoms with Gasteiger partial charge in [0.15, 0.2) is 0 Å². The molecule has 11 heteroatoms. The summed E-state index contributed by atoms with van der Waals surface area (Å²) in [6.07, 6.45) is -3.61. The normalized spacial score (nSPS) is 16.0. The second kappa shape index (κ2) is 16.3. The molecule has 0 unspecified atom stereocenters. The van der Waals surface area contributed by atoms with Gasteiger partial charge in [0, 0.05) is 32.1 Å². The Morgan fingerprint density at radius 2 is 1.57 bits per heavy atom. The first-order valence-corrected chi connectivity index (χ1v) is 15.5. The minimum atomic E-state index is -5.04. The van der Waals surface area contributed by atoms with Gasteiger partial charge in [0.2, 0.25) is 11.8 Å². The van der Waals surface area contributed by atoms with Gasteiger partial charge in [-0.05, 0) is 62.1 Å². The maximum Gasteiger partial charge on any atom is 0.471 e. The molecule has 1 aliphatic rings. The summed E-state index contributed by atoms with van der Waals surface area (Å²) in [5.74, 6) is -2.06. The minimum Gasteiger partial charge on any atom is -0.489 e. The molecule has 4 rings (SSSR count). The molecule has 0 radical (unpaired) electrons. The van der Waals surface area contributed by atoms with Gasteiger partial charge in [-0.2, -0.15) is 13.2 Å². The monoisotopic (exact) mass is 638 g/mol. The maximum absolute atomic E-state index is 14.0. The molecule has 0 spiro atoms. The zero-order valence-electron chi connectivity index (χ0n) is 26.1. The SMILES string of the molecule is CN[C@@H](C)C(=O)N[C@@H](Cc1ccc(OCc2ccccc2)cc1)C(=O)N1CCC[C@H]1CN(CCc1ccccc1)C(=O)C(F)(F)F. The summed E-state index contributed by atoms with van der Waals surface area (Å²) in [6, 6.07) is 23.8. The van der Waals surface area contributed by atoms with Crippen molar-refractivity contribution in [2.24, 2.45) is 0 Å². The Balaban J connectivity index is 1.48. The predicted octanol–water partition coefficient (Wildman–Crippen LogP) is 4.53. The number of carbonyl (C=O) groups is 3. The molecule has 3 aromatic carbocycles. The van der Waals surface area contributed by atoms with Crippen LogP contribution in [0.4, 0.5) is 13.2 Å². The second-order valence-corrected chi connectivity index (χ2v) is 11.5. The largest absolute Gasteiger partial charge is 0.489 e. The molecule has 1 saturated heterocycles. The number of likely N-dealkylation sites (tertiary alicyclic amines) is 1. The lowest BCUT2D eigenvalue weighted by Crippen LogP contribution is -2.56. The fraction of sp³-hybridized carbons (Fsp3) is 0.400. The lowest BCUT2D eigenvalue weighted by Gasteiger charge is -2.34. The van der Waals surface area contributed by atoms with Crippen molar-refractivity contribution in [1.29, 1.82) is 0 Å². The van der Waals surface area contributed by atoms with Crippen LogP contribution in [0.1, 0.15) is 36.5 Å². The van der Waals surface area contributed by atoms with E-state index in [4.69, 9.17) is 4.74 Å². The van der Waals surface area contributed by atoms with Crippen molar-refractivity contribution in [3.63, 3.8) is 0 Å². The average Bonchev–Trinajstić information content (AvgIpc) is 3.53. The van der Waals surface area contributed by atoms with Crippen LogP contribution in [0.5, 0.6) is 5.75 Å². The summed E-state index contributed by atoms with van der Waals surface area (Å²) in [4.78, 5) is 41.7. The Labute approximate surface area is 267 Å². The smallest absolute Gasteiger partial charge is 0.471 e. The molecule has 3 aromatic rings. The number of nitrogens with one attached hydrogen (secondary N) is 2. The Bertz CT molecular complexity index is 1420. The Morgan fingerprint density at radius 1 is 0.935 bits per heavy atom. The highest BCUT2D eigenvalue weighted by Crippen LogP contribution is 2.25. The van der Waals surface area contributed by atoms with Gasteiger partial charge in [-0.15, -0.1) is 0 Å². The van der Waals surface area contributed by atoms with Crippen molar-refractivity contribution in [3.05, 3.63) is 102 Å². The lowest BCUT2D eigenvalue weighted by atomic mass is 10.0. The van der Waals surface area contributed by atoms with Crippen molar-refractivity contribution in [3.8, 4) is 5.75 Å². The van der Waals surface area contributed by atoms with Crippen molar-refractivity contribution in [1.82, 2.24) is 20.4 Å². The number of halogens is 3. The molecule has 3 atom stereocenters. The van der Waals surface area contributed by atoms with Crippen LogP contribution in [-0.2, 0) is 33.8 Å². The van der Waals surface area contributed by atoms with Gasteiger partial charge in [0.25, 0.3) is 0 Å². The molecule has 8 nitrogen and oxygen atoms in total. The molecule has 3 amide bonds. The standard InChI is InChI=1S/C35H41F3N4O4/c1-25(39-2)32(43)40-31(22-27-15-17-30(18-16-27)46-24-28-12-7-4-8-13-28)33(44)42-20-9-14-29(42)23-41(34(45)35(36,37)38)21-19-26-10-5-3-6-11-26/h3-8,10-13,15-18,25,29,31,39H,9,14,19-24H2,1-2H3,(H,40,43)/t25-,29-,31-/m0/s1. The predicted molar refractivity (Wildman–Crippen MR) is 169 cm³/mol. The summed E-state index contributed by atoms with van der Waals surface area (Å²) in [5, 5.41) is 5.70. The number of likely N-dealkylation sites (N-methyl/N-ethyl adjacent to an activating group) is 1. The fourth-order valence-corrected chi connectivity index (χ4v) is 5.46. The van der Waals surface area contributed by atoms with E-state index in [2.05, 4.69) is 10.6 Å². The van der Waals surface area contributed by atoms with E-state index < -0.39 is 36.1 Å². The molecule has 0 aliphatic carbocycles. The van der Waals surface area contributed by atoms with E-state index >= 15 is 0 Å². The number of nitrogens with zero attached hydrogens (tertiary/aromatic N) is 2. The van der Waals surface area contributed by atoms with E-state index in [1.807, 2.05) is 48.5 Å². The highest BCUT2D eigenvalue weighted by atomic mass is 19.4. The molecule has 1 fully saturated rings. The first-order valence-electron chi connectivity index (χ1n) is 15.5. The molecule has 0 saturated carbocycles. The summed E-state index contributed by atoms with van der Waals surface area (Å²) in [6.45, 7) is 1.99. The van der Waals surface area contributed by atoms with Crippen LogP contribution in [0, 0.1) is 0 Å². The number of alkyl halides is 3. The fourth-order valence-electron chi connectivity index (χ4n) is 5.46. The first-order chi connectivity index (χ1) is 22.0. The van der Waals surface area contributed by atoms with Gasteiger partial charge in [-0.3, -0.25) is 14.4 Å². The number of benzene rings is 3. The van der Waals surface area contributed by atoms with Crippen molar-refractivity contribution < 1.29 is 32.3 Å². The number of hydrogen-bond acceptors (Lipinski definition) is 5. The summed E-state index contributed by atoms with van der Waals surface area (Å²) >= 11 is 0. The third-order valence-electron chi connectivity index (χ3n) is 8.19. The molecular weight excluding hydrogens is 597 g/mol. The van der Waals surface area contributed by atoms with Gasteiger partial charge in [0.05, 0.1) is 6.04 Å². The minimum absolute atomic E-state index is 0.139. The lowest BCUT2D eigenvalue weighted by molar-refractivity contribution is -0.186. The first kappa shape index (κ1) is 34.5.